The lowest BCUT2D eigenvalue weighted by atomic mass is 10.2. The zero-order valence-corrected chi connectivity index (χ0v) is 16.6. The number of ether oxygens (including phenoxy) is 1. The Kier molecular flexibility index (Phi) is 5.76. The Morgan fingerprint density at radius 3 is 2.68 bits per heavy atom. The molecule has 0 atom stereocenters. The number of benzene rings is 2. The average Bonchev–Trinajstić information content (AvgIpc) is 2.95. The molecule has 3 rings (SSSR count). The predicted molar refractivity (Wildman–Crippen MR) is 107 cm³/mol. The van der Waals surface area contributed by atoms with Crippen LogP contribution in [0.5, 0.6) is 11.5 Å². The molecule has 0 saturated heterocycles. The van der Waals surface area contributed by atoms with Crippen molar-refractivity contribution < 1.29 is 13.9 Å². The van der Waals surface area contributed by atoms with Gasteiger partial charge < -0.3 is 20.8 Å². The van der Waals surface area contributed by atoms with Gasteiger partial charge >= 0.3 is 0 Å². The van der Waals surface area contributed by atoms with Gasteiger partial charge in [-0.05, 0) is 32.0 Å². The van der Waals surface area contributed by atoms with Crippen LogP contribution >= 0.6 is 23.2 Å². The van der Waals surface area contributed by atoms with E-state index in [1.165, 1.54) is 30.3 Å². The fourth-order valence-electron chi connectivity index (χ4n) is 2.65. The van der Waals surface area contributed by atoms with Gasteiger partial charge in [0.15, 0.2) is 11.6 Å². The Bertz CT molecular complexity index is 1030. The van der Waals surface area contributed by atoms with Gasteiger partial charge in [0.1, 0.15) is 17.3 Å². The molecule has 0 aliphatic rings. The predicted octanol–water partition coefficient (Wildman–Crippen LogP) is 4.78. The second kappa shape index (κ2) is 8.08. The summed E-state index contributed by atoms with van der Waals surface area (Å²) in [5.41, 5.74) is 7.19. The number of nitrogen functional groups attached to an aromatic ring is 1. The number of aromatic amines is 1. The van der Waals surface area contributed by atoms with Crippen molar-refractivity contribution >= 4 is 34.8 Å². The quantitative estimate of drug-likeness (QED) is 0.515. The number of nitrogens with two attached hydrogens (primary N) is 1. The highest BCUT2D eigenvalue weighted by Gasteiger charge is 2.18. The number of hydrogen-bond donors (Lipinski definition) is 3. The molecule has 28 heavy (non-hydrogen) atoms. The first-order valence-electron chi connectivity index (χ1n) is 8.27. The minimum absolute atomic E-state index is 0.0682. The molecule has 0 bridgehead atoms. The van der Waals surface area contributed by atoms with Crippen LogP contribution < -0.4 is 15.8 Å². The third kappa shape index (κ3) is 4.37. The van der Waals surface area contributed by atoms with E-state index >= 15 is 0 Å². The summed E-state index contributed by atoms with van der Waals surface area (Å²) >= 11 is 12.0. The van der Waals surface area contributed by atoms with Crippen LogP contribution in [0.1, 0.15) is 27.6 Å². The van der Waals surface area contributed by atoms with Gasteiger partial charge in [-0.1, -0.05) is 29.3 Å². The van der Waals surface area contributed by atoms with E-state index in [-0.39, 0.29) is 34.3 Å². The van der Waals surface area contributed by atoms with E-state index in [2.05, 4.69) is 15.3 Å². The van der Waals surface area contributed by atoms with Gasteiger partial charge in [0, 0.05) is 34.6 Å². The van der Waals surface area contributed by atoms with E-state index < -0.39 is 11.7 Å². The van der Waals surface area contributed by atoms with E-state index in [1.807, 2.05) is 0 Å². The molecule has 0 unspecified atom stereocenters. The first-order valence-corrected chi connectivity index (χ1v) is 9.02. The maximum Gasteiger partial charge on any atom is 0.272 e. The van der Waals surface area contributed by atoms with Crippen molar-refractivity contribution in [2.24, 2.45) is 0 Å². The molecule has 9 heteroatoms. The Labute approximate surface area is 170 Å². The number of nitrogens with zero attached hydrogens (tertiary/aromatic N) is 1. The number of halogens is 3. The number of H-pyrrole nitrogens is 1. The zero-order valence-electron chi connectivity index (χ0n) is 15.1. The Balaban J connectivity index is 1.80. The lowest BCUT2D eigenvalue weighted by molar-refractivity contribution is 0.0945. The van der Waals surface area contributed by atoms with Crippen LogP contribution in [0.2, 0.25) is 10.0 Å². The molecule has 1 heterocycles. The number of amides is 1. The topological polar surface area (TPSA) is 93.0 Å². The lowest BCUT2D eigenvalue weighted by Gasteiger charge is -2.13. The maximum absolute atomic E-state index is 14.9. The third-order valence-corrected chi connectivity index (χ3v) is 4.42. The summed E-state index contributed by atoms with van der Waals surface area (Å²) in [6.07, 6.45) is 0. The number of anilines is 1. The van der Waals surface area contributed by atoms with Gasteiger partial charge in [-0.3, -0.25) is 4.79 Å². The molecular formula is C19H17Cl2FN4O2. The summed E-state index contributed by atoms with van der Waals surface area (Å²) in [5, 5.41) is 3.06. The number of carbonyl (C=O) groups is 1. The molecule has 0 saturated carbocycles. The molecule has 4 N–H and O–H groups in total. The van der Waals surface area contributed by atoms with Gasteiger partial charge in [-0.25, -0.2) is 9.37 Å². The van der Waals surface area contributed by atoms with Crippen LogP contribution in [0.3, 0.4) is 0 Å². The minimum Gasteiger partial charge on any atom is -0.453 e. The number of rotatable bonds is 5. The van der Waals surface area contributed by atoms with Crippen molar-refractivity contribution in [3.05, 3.63) is 69.0 Å². The standard InChI is InChI=1S/C19H17Cl2FN4O2/c1-9-17(26-10(2)25-9)19(27)24-8-11-3-4-15(21)18(16(11)22)28-14-6-12(20)5-13(23)7-14/h3-7H,8,23H2,1-2H3,(H,24,27)(H,25,26). The van der Waals surface area contributed by atoms with Crippen LogP contribution in [0.25, 0.3) is 0 Å². The average molecular weight is 423 g/mol. The summed E-state index contributed by atoms with van der Waals surface area (Å²) in [6.45, 7) is 3.41. The van der Waals surface area contributed by atoms with Gasteiger partial charge in [0.05, 0.1) is 5.02 Å². The fraction of sp³-hybridized carbons (Fsp3) is 0.158. The van der Waals surface area contributed by atoms with Gasteiger partial charge in [0.2, 0.25) is 0 Å². The molecular weight excluding hydrogens is 406 g/mol. The number of aryl methyl sites for hydroxylation is 2. The monoisotopic (exact) mass is 422 g/mol. The molecule has 146 valence electrons. The molecule has 0 aliphatic carbocycles. The Morgan fingerprint density at radius 2 is 2.04 bits per heavy atom. The van der Waals surface area contributed by atoms with Crippen molar-refractivity contribution in [1.82, 2.24) is 15.3 Å². The van der Waals surface area contributed by atoms with Crippen LogP contribution in [0, 0.1) is 19.7 Å². The smallest absolute Gasteiger partial charge is 0.272 e. The van der Waals surface area contributed by atoms with Crippen LogP contribution in [0.15, 0.2) is 30.3 Å². The highest BCUT2D eigenvalue weighted by atomic mass is 35.5. The fourth-order valence-corrected chi connectivity index (χ4v) is 3.07. The van der Waals surface area contributed by atoms with Gasteiger partial charge in [-0.15, -0.1) is 0 Å². The third-order valence-electron chi connectivity index (χ3n) is 3.90. The van der Waals surface area contributed by atoms with E-state index in [9.17, 15) is 9.18 Å². The van der Waals surface area contributed by atoms with Gasteiger partial charge in [-0.2, -0.15) is 0 Å². The van der Waals surface area contributed by atoms with Crippen LogP contribution in [0.4, 0.5) is 10.1 Å². The second-order valence-electron chi connectivity index (χ2n) is 6.15. The molecule has 1 aromatic heterocycles. The molecule has 0 radical (unpaired) electrons. The van der Waals surface area contributed by atoms with E-state index in [0.717, 1.165) is 0 Å². The maximum atomic E-state index is 14.9. The zero-order chi connectivity index (χ0) is 20.4. The number of carbonyl (C=O) groups excluding carboxylic acids is 1. The SMILES string of the molecule is Cc1nc(C(=O)NCc2ccc(Cl)c(Oc3cc(N)cc(Cl)c3)c2F)c(C)[nH]1. The first-order chi connectivity index (χ1) is 13.2. The molecule has 2 aromatic carbocycles. The largest absolute Gasteiger partial charge is 0.453 e. The first kappa shape index (κ1) is 20.0. The van der Waals surface area contributed by atoms with E-state index in [4.69, 9.17) is 33.7 Å². The van der Waals surface area contributed by atoms with Crippen molar-refractivity contribution in [2.45, 2.75) is 20.4 Å². The van der Waals surface area contributed by atoms with E-state index in [0.29, 0.717) is 22.2 Å². The van der Waals surface area contributed by atoms with Crippen molar-refractivity contribution in [1.29, 1.82) is 0 Å². The molecule has 6 nitrogen and oxygen atoms in total. The van der Waals surface area contributed by atoms with Crippen molar-refractivity contribution in [3.8, 4) is 11.5 Å². The molecule has 0 fully saturated rings. The molecule has 1 amide bonds. The number of imidazole rings is 1. The normalized spacial score (nSPS) is 10.8. The molecule has 0 aliphatic heterocycles. The van der Waals surface area contributed by atoms with E-state index in [1.54, 1.807) is 13.8 Å². The summed E-state index contributed by atoms with van der Waals surface area (Å²) in [5.74, 6) is -0.421. The summed E-state index contributed by atoms with van der Waals surface area (Å²) in [6, 6.07) is 7.49. The van der Waals surface area contributed by atoms with Crippen molar-refractivity contribution in [2.75, 3.05) is 5.73 Å². The van der Waals surface area contributed by atoms with Crippen molar-refractivity contribution in [3.63, 3.8) is 0 Å². The molecule has 0 spiro atoms. The highest BCUT2D eigenvalue weighted by molar-refractivity contribution is 6.32. The summed E-state index contributed by atoms with van der Waals surface area (Å²) in [7, 11) is 0. The number of hydrogen-bond acceptors (Lipinski definition) is 4. The minimum atomic E-state index is -0.693. The lowest BCUT2D eigenvalue weighted by Crippen LogP contribution is -2.24. The summed E-state index contributed by atoms with van der Waals surface area (Å²) < 4.78 is 20.5. The second-order valence-corrected chi connectivity index (χ2v) is 6.99. The highest BCUT2D eigenvalue weighted by Crippen LogP contribution is 2.35. The number of nitrogens with one attached hydrogen (secondary N) is 2. The van der Waals surface area contributed by atoms with Crippen LogP contribution in [-0.2, 0) is 6.54 Å². The Hall–Kier alpha value is -2.77. The molecule has 3 aromatic rings. The summed E-state index contributed by atoms with van der Waals surface area (Å²) in [4.78, 5) is 19.3. The van der Waals surface area contributed by atoms with Crippen LogP contribution in [-0.4, -0.2) is 15.9 Å². The van der Waals surface area contributed by atoms with Gasteiger partial charge in [0.25, 0.3) is 5.91 Å². The number of aromatic nitrogens is 2. The Morgan fingerprint density at radius 1 is 1.29 bits per heavy atom.